The first-order valence-electron chi connectivity index (χ1n) is 6.82. The van der Waals surface area contributed by atoms with Crippen LogP contribution in [0.15, 0.2) is 48.8 Å². The third kappa shape index (κ3) is 3.03. The number of carbonyl (C=O) groups excluding carboxylic acids is 1. The molecule has 0 saturated carbocycles. The topological polar surface area (TPSA) is 71.5 Å². The lowest BCUT2D eigenvalue weighted by Gasteiger charge is -2.17. The van der Waals surface area contributed by atoms with Gasteiger partial charge in [0.15, 0.2) is 6.61 Å². The number of ether oxygens (including phenoxy) is 1. The number of nitrogens with one attached hydrogen (secondary N) is 1. The zero-order valence-electron chi connectivity index (χ0n) is 11.4. The van der Waals surface area contributed by atoms with Crippen LogP contribution in [0.5, 0.6) is 5.75 Å². The fraction of sp³-hybridized carbons (Fsp3) is 0.250. The Morgan fingerprint density at radius 1 is 1.33 bits per heavy atom. The molecule has 1 aromatic heterocycles. The van der Waals surface area contributed by atoms with E-state index in [1.165, 1.54) is 0 Å². The molecule has 3 rings (SSSR count). The normalized spacial score (nSPS) is 19.9. The molecule has 0 spiro atoms. The predicted octanol–water partition coefficient (Wildman–Crippen LogP) is 1.23. The average molecular weight is 284 g/mol. The van der Waals surface area contributed by atoms with Crippen molar-refractivity contribution in [2.24, 2.45) is 0 Å². The van der Waals surface area contributed by atoms with Crippen molar-refractivity contribution >= 4 is 5.91 Å². The molecule has 2 N–H and O–H groups in total. The van der Waals surface area contributed by atoms with E-state index in [1.54, 1.807) is 24.5 Å². The lowest BCUT2D eigenvalue weighted by molar-refractivity contribution is -0.124. The van der Waals surface area contributed by atoms with Crippen molar-refractivity contribution in [2.45, 2.75) is 18.6 Å². The summed E-state index contributed by atoms with van der Waals surface area (Å²) in [7, 11) is 0. The number of hydrogen-bond donors (Lipinski definition) is 2. The number of rotatable bonds is 4. The van der Waals surface area contributed by atoms with Crippen LogP contribution in [0.4, 0.5) is 0 Å². The molecule has 1 aliphatic rings. The van der Waals surface area contributed by atoms with Gasteiger partial charge in [-0.15, -0.1) is 0 Å². The van der Waals surface area contributed by atoms with Gasteiger partial charge in [0.2, 0.25) is 0 Å². The molecule has 0 aliphatic heterocycles. The Labute approximate surface area is 122 Å². The maximum Gasteiger partial charge on any atom is 0.258 e. The van der Waals surface area contributed by atoms with Crippen molar-refractivity contribution in [3.05, 3.63) is 59.9 Å². The van der Waals surface area contributed by atoms with E-state index >= 15 is 0 Å². The molecule has 1 aliphatic carbocycles. The Hall–Kier alpha value is -2.40. The largest absolute Gasteiger partial charge is 0.482 e. The lowest BCUT2D eigenvalue weighted by atomic mass is 10.1. The van der Waals surface area contributed by atoms with E-state index < -0.39 is 6.10 Å². The van der Waals surface area contributed by atoms with Crippen LogP contribution in [0, 0.1) is 0 Å². The van der Waals surface area contributed by atoms with Gasteiger partial charge in [0.1, 0.15) is 5.75 Å². The number of fused-ring (bicyclic) bond motifs is 1. The van der Waals surface area contributed by atoms with E-state index in [1.807, 2.05) is 24.3 Å². The molecule has 0 radical (unpaired) electrons. The Balaban J connectivity index is 1.55. The van der Waals surface area contributed by atoms with Crippen molar-refractivity contribution in [2.75, 3.05) is 6.61 Å². The lowest BCUT2D eigenvalue weighted by Crippen LogP contribution is -2.40. The minimum absolute atomic E-state index is 0.0920. The van der Waals surface area contributed by atoms with Gasteiger partial charge in [-0.25, -0.2) is 0 Å². The minimum atomic E-state index is -0.663. The van der Waals surface area contributed by atoms with Gasteiger partial charge in [0.05, 0.1) is 18.3 Å². The molecule has 0 fully saturated rings. The number of pyridine rings is 1. The summed E-state index contributed by atoms with van der Waals surface area (Å²) in [5, 5.41) is 13.0. The highest BCUT2D eigenvalue weighted by Crippen LogP contribution is 2.30. The van der Waals surface area contributed by atoms with E-state index in [0.717, 1.165) is 11.1 Å². The van der Waals surface area contributed by atoms with Crippen LogP contribution in [-0.4, -0.2) is 28.6 Å². The molecule has 21 heavy (non-hydrogen) atoms. The first-order chi connectivity index (χ1) is 10.2. The maximum absolute atomic E-state index is 11.9. The van der Waals surface area contributed by atoms with E-state index in [9.17, 15) is 9.90 Å². The summed E-state index contributed by atoms with van der Waals surface area (Å²) >= 11 is 0. The zero-order chi connectivity index (χ0) is 14.7. The van der Waals surface area contributed by atoms with Crippen molar-refractivity contribution in [3.63, 3.8) is 0 Å². The van der Waals surface area contributed by atoms with Crippen LogP contribution >= 0.6 is 0 Å². The molecule has 0 saturated heterocycles. The Bertz CT molecular complexity index is 630. The summed E-state index contributed by atoms with van der Waals surface area (Å²) in [6.45, 7) is -0.0920. The molecule has 0 unspecified atom stereocenters. The summed E-state index contributed by atoms with van der Waals surface area (Å²) in [4.78, 5) is 15.8. The van der Waals surface area contributed by atoms with Crippen molar-refractivity contribution in [1.82, 2.24) is 10.3 Å². The van der Waals surface area contributed by atoms with Gasteiger partial charge >= 0.3 is 0 Å². The van der Waals surface area contributed by atoms with Gasteiger partial charge in [-0.05, 0) is 29.7 Å². The SMILES string of the molecule is O=C(COc1cccnc1)N[C@H]1Cc2ccccc2[C@@H]1O. The van der Waals surface area contributed by atoms with Crippen molar-refractivity contribution in [3.8, 4) is 5.75 Å². The summed E-state index contributed by atoms with van der Waals surface area (Å²) in [5.41, 5.74) is 1.96. The van der Waals surface area contributed by atoms with Gasteiger partial charge in [0.25, 0.3) is 5.91 Å². The van der Waals surface area contributed by atoms with Crippen LogP contribution in [0.2, 0.25) is 0 Å². The van der Waals surface area contributed by atoms with Gasteiger partial charge in [-0.1, -0.05) is 24.3 Å². The molecule has 1 aromatic carbocycles. The number of hydrogen-bond acceptors (Lipinski definition) is 4. The number of aliphatic hydroxyl groups excluding tert-OH is 1. The standard InChI is InChI=1S/C16H16N2O3/c19-15(10-21-12-5-3-7-17-9-12)18-14-8-11-4-1-2-6-13(11)16(14)20/h1-7,9,14,16,20H,8,10H2,(H,18,19)/t14-,16-/m0/s1. The number of aliphatic hydroxyl groups is 1. The number of carbonyl (C=O) groups is 1. The molecule has 5 heteroatoms. The Kier molecular flexibility index (Phi) is 3.83. The predicted molar refractivity (Wildman–Crippen MR) is 76.8 cm³/mol. The summed E-state index contributed by atoms with van der Waals surface area (Å²) in [5.74, 6) is 0.290. The number of aromatic nitrogens is 1. The van der Waals surface area contributed by atoms with E-state index in [-0.39, 0.29) is 18.6 Å². The molecule has 0 bridgehead atoms. The summed E-state index contributed by atoms with van der Waals surface area (Å²) in [6, 6.07) is 10.9. The van der Waals surface area contributed by atoms with Gasteiger partial charge in [-0.3, -0.25) is 9.78 Å². The van der Waals surface area contributed by atoms with Crippen LogP contribution in [-0.2, 0) is 11.2 Å². The second kappa shape index (κ2) is 5.93. The first kappa shape index (κ1) is 13.6. The molecule has 108 valence electrons. The van der Waals surface area contributed by atoms with Gasteiger partial charge < -0.3 is 15.2 Å². The third-order valence-electron chi connectivity index (χ3n) is 3.55. The van der Waals surface area contributed by atoms with Crippen LogP contribution in [0.3, 0.4) is 0 Å². The first-order valence-corrected chi connectivity index (χ1v) is 6.82. The number of amides is 1. The molecule has 2 atom stereocenters. The van der Waals surface area contributed by atoms with Gasteiger partial charge in [0, 0.05) is 6.20 Å². The molecule has 5 nitrogen and oxygen atoms in total. The summed E-state index contributed by atoms with van der Waals surface area (Å²) in [6.07, 6.45) is 3.16. The van der Waals surface area contributed by atoms with E-state index in [4.69, 9.17) is 4.74 Å². The minimum Gasteiger partial charge on any atom is -0.482 e. The van der Waals surface area contributed by atoms with Crippen LogP contribution in [0.1, 0.15) is 17.2 Å². The molecule has 2 aromatic rings. The smallest absolute Gasteiger partial charge is 0.258 e. The van der Waals surface area contributed by atoms with Gasteiger partial charge in [-0.2, -0.15) is 0 Å². The van der Waals surface area contributed by atoms with Crippen molar-refractivity contribution < 1.29 is 14.6 Å². The third-order valence-corrected chi connectivity index (χ3v) is 3.55. The Morgan fingerprint density at radius 3 is 2.95 bits per heavy atom. The highest BCUT2D eigenvalue weighted by atomic mass is 16.5. The van der Waals surface area contributed by atoms with E-state index in [2.05, 4.69) is 10.3 Å². The average Bonchev–Trinajstić information content (AvgIpc) is 2.83. The van der Waals surface area contributed by atoms with Crippen molar-refractivity contribution in [1.29, 1.82) is 0 Å². The molecule has 1 heterocycles. The molecule has 1 amide bonds. The number of benzene rings is 1. The summed E-state index contributed by atoms with van der Waals surface area (Å²) < 4.78 is 5.33. The second-order valence-corrected chi connectivity index (χ2v) is 5.00. The quantitative estimate of drug-likeness (QED) is 0.886. The second-order valence-electron chi connectivity index (χ2n) is 5.00. The number of nitrogens with zero attached hydrogens (tertiary/aromatic N) is 1. The monoisotopic (exact) mass is 284 g/mol. The van der Waals surface area contributed by atoms with Crippen LogP contribution in [0.25, 0.3) is 0 Å². The fourth-order valence-corrected chi connectivity index (χ4v) is 2.53. The van der Waals surface area contributed by atoms with E-state index in [0.29, 0.717) is 12.2 Å². The Morgan fingerprint density at radius 2 is 2.19 bits per heavy atom. The fourth-order valence-electron chi connectivity index (χ4n) is 2.53. The maximum atomic E-state index is 11.9. The highest BCUT2D eigenvalue weighted by molar-refractivity contribution is 5.78. The molecular formula is C16H16N2O3. The zero-order valence-corrected chi connectivity index (χ0v) is 11.4. The van der Waals surface area contributed by atoms with Crippen LogP contribution < -0.4 is 10.1 Å². The molecular weight excluding hydrogens is 268 g/mol. The highest BCUT2D eigenvalue weighted by Gasteiger charge is 2.31.